The first kappa shape index (κ1) is 16.4. The van der Waals surface area contributed by atoms with Gasteiger partial charge in [-0.25, -0.2) is 0 Å². The average Bonchev–Trinajstić information content (AvgIpc) is 3.18. The Bertz CT molecular complexity index is 719. The zero-order valence-corrected chi connectivity index (χ0v) is 15.6. The minimum atomic E-state index is 0.547. The molecule has 5 rings (SSSR count). The highest BCUT2D eigenvalue weighted by molar-refractivity contribution is 5.07. The molecule has 0 spiro atoms. The van der Waals surface area contributed by atoms with E-state index in [0.29, 0.717) is 12.5 Å². The van der Waals surface area contributed by atoms with E-state index < -0.39 is 0 Å². The van der Waals surface area contributed by atoms with Crippen molar-refractivity contribution >= 4 is 0 Å². The number of rotatable bonds is 6. The zero-order chi connectivity index (χ0) is 17.5. The molecule has 1 aliphatic carbocycles. The highest BCUT2D eigenvalue weighted by Crippen LogP contribution is 2.49. The van der Waals surface area contributed by atoms with Gasteiger partial charge in [0.2, 0.25) is 0 Å². The minimum absolute atomic E-state index is 0.547. The molecule has 2 saturated heterocycles. The smallest absolute Gasteiger partial charge is 0.154 e. The second-order valence-electron chi connectivity index (χ2n) is 8.15. The van der Waals surface area contributed by atoms with E-state index in [9.17, 15) is 0 Å². The van der Waals surface area contributed by atoms with Crippen LogP contribution in [-0.2, 0) is 13.1 Å². The molecule has 1 N–H and O–H groups in total. The SMILES string of the molecule is CCn1c(Cn2cccn2)nnc1C1CCN(CC2[C@H]3CNC[C@@H]23)CC1. The van der Waals surface area contributed by atoms with Crippen LogP contribution in [0, 0.1) is 17.8 Å². The van der Waals surface area contributed by atoms with Crippen molar-refractivity contribution in [1.82, 2.24) is 34.8 Å². The van der Waals surface area contributed by atoms with Crippen molar-refractivity contribution in [3.8, 4) is 0 Å². The average molecular weight is 355 g/mol. The molecule has 26 heavy (non-hydrogen) atoms. The number of hydrogen-bond donors (Lipinski definition) is 1. The number of fused-ring (bicyclic) bond motifs is 1. The standard InChI is InChI=1S/C19H29N7/c1-2-26-18(13-25-7-3-6-21-25)22-23-19(26)14-4-8-24(9-5-14)12-17-15-10-20-11-16(15)17/h3,6-7,14-17,20H,2,4-5,8-13H2,1H3/t15-,16+,17?. The maximum Gasteiger partial charge on any atom is 0.154 e. The largest absolute Gasteiger partial charge is 0.316 e. The van der Waals surface area contributed by atoms with E-state index in [2.05, 4.69) is 37.0 Å². The third kappa shape index (κ3) is 2.97. The van der Waals surface area contributed by atoms with E-state index in [1.165, 1.54) is 51.4 Å². The third-order valence-corrected chi connectivity index (χ3v) is 6.73. The maximum absolute atomic E-state index is 4.58. The second-order valence-corrected chi connectivity index (χ2v) is 8.15. The zero-order valence-electron chi connectivity index (χ0n) is 15.6. The van der Waals surface area contributed by atoms with Crippen LogP contribution in [0.4, 0.5) is 0 Å². The number of hydrogen-bond acceptors (Lipinski definition) is 5. The maximum atomic E-state index is 4.58. The Kier molecular flexibility index (Phi) is 4.29. The Morgan fingerprint density at radius 1 is 1.15 bits per heavy atom. The van der Waals surface area contributed by atoms with Crippen molar-refractivity contribution in [2.75, 3.05) is 32.7 Å². The van der Waals surface area contributed by atoms with Crippen molar-refractivity contribution in [3.63, 3.8) is 0 Å². The molecular weight excluding hydrogens is 326 g/mol. The predicted molar refractivity (Wildman–Crippen MR) is 98.8 cm³/mol. The summed E-state index contributed by atoms with van der Waals surface area (Å²) in [5.41, 5.74) is 0. The highest BCUT2D eigenvalue weighted by Gasteiger charge is 2.52. The van der Waals surface area contributed by atoms with Crippen molar-refractivity contribution < 1.29 is 0 Å². The summed E-state index contributed by atoms with van der Waals surface area (Å²) in [5.74, 6) is 5.66. The monoisotopic (exact) mass is 355 g/mol. The predicted octanol–water partition coefficient (Wildman–Crippen LogP) is 1.19. The second kappa shape index (κ2) is 6.78. The normalized spacial score (nSPS) is 29.2. The molecular formula is C19H29N7. The molecule has 2 aromatic heterocycles. The summed E-state index contributed by atoms with van der Waals surface area (Å²) < 4.78 is 4.23. The first-order valence-electron chi connectivity index (χ1n) is 10.2. The van der Waals surface area contributed by atoms with E-state index in [4.69, 9.17) is 0 Å². The summed E-state index contributed by atoms with van der Waals surface area (Å²) in [6, 6.07) is 1.95. The van der Waals surface area contributed by atoms with Gasteiger partial charge in [0.15, 0.2) is 5.82 Å². The Hall–Kier alpha value is -1.73. The van der Waals surface area contributed by atoms with Gasteiger partial charge >= 0.3 is 0 Å². The number of nitrogens with one attached hydrogen (secondary N) is 1. The van der Waals surface area contributed by atoms with Gasteiger partial charge in [-0.3, -0.25) is 4.68 Å². The van der Waals surface area contributed by atoms with Gasteiger partial charge in [0.05, 0.1) is 0 Å². The Morgan fingerprint density at radius 2 is 1.96 bits per heavy atom. The summed E-state index contributed by atoms with van der Waals surface area (Å²) in [6.45, 7) is 10.1. The quantitative estimate of drug-likeness (QED) is 0.843. The van der Waals surface area contributed by atoms with E-state index in [-0.39, 0.29) is 0 Å². The molecule has 0 amide bonds. The Morgan fingerprint density at radius 3 is 2.65 bits per heavy atom. The fourth-order valence-electron chi connectivity index (χ4n) is 5.14. The van der Waals surface area contributed by atoms with Gasteiger partial charge in [-0.2, -0.15) is 5.10 Å². The molecule has 1 saturated carbocycles. The van der Waals surface area contributed by atoms with E-state index >= 15 is 0 Å². The third-order valence-electron chi connectivity index (χ3n) is 6.73. The fourth-order valence-corrected chi connectivity index (χ4v) is 5.14. The Balaban J connectivity index is 1.20. The van der Waals surface area contributed by atoms with Gasteiger partial charge in [0.25, 0.3) is 0 Å². The summed E-state index contributed by atoms with van der Waals surface area (Å²) in [6.07, 6.45) is 6.21. The number of aromatic nitrogens is 5. The highest BCUT2D eigenvalue weighted by atomic mass is 15.3. The first-order chi connectivity index (χ1) is 12.8. The van der Waals surface area contributed by atoms with E-state index in [0.717, 1.165) is 30.1 Å². The molecule has 3 aliphatic rings. The molecule has 2 aliphatic heterocycles. The molecule has 4 heterocycles. The topological polar surface area (TPSA) is 63.8 Å². The number of piperidine rings is 2. The Labute approximate surface area is 154 Å². The van der Waals surface area contributed by atoms with E-state index in [1.54, 1.807) is 0 Å². The van der Waals surface area contributed by atoms with Crippen LogP contribution in [0.15, 0.2) is 18.5 Å². The van der Waals surface area contributed by atoms with Crippen LogP contribution in [0.2, 0.25) is 0 Å². The molecule has 7 heteroatoms. The van der Waals surface area contributed by atoms with Crippen molar-refractivity contribution in [2.45, 2.75) is 38.8 Å². The van der Waals surface area contributed by atoms with Gasteiger partial charge in [-0.15, -0.1) is 10.2 Å². The molecule has 7 nitrogen and oxygen atoms in total. The molecule has 2 aromatic rings. The molecule has 3 fully saturated rings. The van der Waals surface area contributed by atoms with Crippen LogP contribution >= 0.6 is 0 Å². The van der Waals surface area contributed by atoms with Crippen LogP contribution in [0.25, 0.3) is 0 Å². The van der Waals surface area contributed by atoms with Crippen molar-refractivity contribution in [1.29, 1.82) is 0 Å². The molecule has 1 unspecified atom stereocenters. The van der Waals surface area contributed by atoms with Crippen molar-refractivity contribution in [3.05, 3.63) is 30.1 Å². The summed E-state index contributed by atoms with van der Waals surface area (Å²) >= 11 is 0. The molecule has 3 atom stereocenters. The van der Waals surface area contributed by atoms with Crippen LogP contribution in [0.5, 0.6) is 0 Å². The van der Waals surface area contributed by atoms with Crippen LogP contribution < -0.4 is 5.32 Å². The lowest BCUT2D eigenvalue weighted by molar-refractivity contribution is 0.193. The van der Waals surface area contributed by atoms with Gasteiger partial charge in [0, 0.05) is 31.4 Å². The lowest BCUT2D eigenvalue weighted by atomic mass is 9.95. The minimum Gasteiger partial charge on any atom is -0.316 e. The molecule has 0 radical (unpaired) electrons. The van der Waals surface area contributed by atoms with Gasteiger partial charge < -0.3 is 14.8 Å². The number of nitrogens with zero attached hydrogens (tertiary/aromatic N) is 6. The fraction of sp³-hybridized carbons (Fsp3) is 0.737. The van der Waals surface area contributed by atoms with Gasteiger partial charge in [0.1, 0.15) is 12.4 Å². The van der Waals surface area contributed by atoms with Crippen LogP contribution in [0.1, 0.15) is 37.3 Å². The summed E-state index contributed by atoms with van der Waals surface area (Å²) in [4.78, 5) is 2.69. The number of likely N-dealkylation sites (tertiary alicyclic amines) is 1. The summed E-state index contributed by atoms with van der Waals surface area (Å²) in [5, 5.41) is 16.9. The van der Waals surface area contributed by atoms with E-state index in [1.807, 2.05) is 23.1 Å². The van der Waals surface area contributed by atoms with Crippen molar-refractivity contribution in [2.24, 2.45) is 17.8 Å². The molecule has 140 valence electrons. The first-order valence-corrected chi connectivity index (χ1v) is 10.2. The lowest BCUT2D eigenvalue weighted by Crippen LogP contribution is -2.36. The summed E-state index contributed by atoms with van der Waals surface area (Å²) in [7, 11) is 0. The molecule has 0 aromatic carbocycles. The lowest BCUT2D eigenvalue weighted by Gasteiger charge is -2.32. The van der Waals surface area contributed by atoms with Crippen LogP contribution in [-0.4, -0.2) is 62.2 Å². The molecule has 0 bridgehead atoms. The van der Waals surface area contributed by atoms with Gasteiger partial charge in [-0.05, 0) is 69.8 Å². The van der Waals surface area contributed by atoms with Gasteiger partial charge in [-0.1, -0.05) is 0 Å². The van der Waals surface area contributed by atoms with Crippen LogP contribution in [0.3, 0.4) is 0 Å².